The van der Waals surface area contributed by atoms with Gasteiger partial charge in [0.1, 0.15) is 13.2 Å². The summed E-state index contributed by atoms with van der Waals surface area (Å²) in [5.74, 6) is -0.0810. The Balaban J connectivity index is 1.34. The van der Waals surface area contributed by atoms with Gasteiger partial charge in [-0.3, -0.25) is 9.59 Å². The van der Waals surface area contributed by atoms with Crippen LogP contribution in [0.3, 0.4) is 0 Å². The van der Waals surface area contributed by atoms with Crippen LogP contribution in [0.15, 0.2) is 41.3 Å². The SMILES string of the molecule is CC1Sc2ccc(C(=O)OCC(=O)Nc3ccc4c(c3)OCCO4)cc2NC1=O. The Hall–Kier alpha value is -3.20. The number of esters is 1. The van der Waals surface area contributed by atoms with Gasteiger partial charge in [-0.15, -0.1) is 11.8 Å². The van der Waals surface area contributed by atoms with Crippen LogP contribution in [0.1, 0.15) is 17.3 Å². The minimum absolute atomic E-state index is 0.119. The first kappa shape index (κ1) is 19.1. The van der Waals surface area contributed by atoms with Gasteiger partial charge in [0.2, 0.25) is 5.91 Å². The lowest BCUT2D eigenvalue weighted by atomic mass is 10.2. The van der Waals surface area contributed by atoms with Crippen molar-refractivity contribution in [3.05, 3.63) is 42.0 Å². The van der Waals surface area contributed by atoms with Crippen LogP contribution in [0, 0.1) is 0 Å². The summed E-state index contributed by atoms with van der Waals surface area (Å²) in [6.07, 6.45) is 0. The van der Waals surface area contributed by atoms with E-state index in [2.05, 4.69) is 10.6 Å². The van der Waals surface area contributed by atoms with Gasteiger partial charge in [-0.1, -0.05) is 0 Å². The van der Waals surface area contributed by atoms with Gasteiger partial charge < -0.3 is 24.8 Å². The summed E-state index contributed by atoms with van der Waals surface area (Å²) in [4.78, 5) is 37.1. The van der Waals surface area contributed by atoms with Crippen LogP contribution in [0.5, 0.6) is 11.5 Å². The molecule has 0 bridgehead atoms. The van der Waals surface area contributed by atoms with Gasteiger partial charge in [-0.25, -0.2) is 4.79 Å². The van der Waals surface area contributed by atoms with Crippen molar-refractivity contribution in [2.45, 2.75) is 17.1 Å². The summed E-state index contributed by atoms with van der Waals surface area (Å²) in [6, 6.07) is 9.94. The quantitative estimate of drug-likeness (QED) is 0.742. The fourth-order valence-electron chi connectivity index (χ4n) is 2.87. The summed E-state index contributed by atoms with van der Waals surface area (Å²) in [5, 5.41) is 5.22. The van der Waals surface area contributed by atoms with E-state index in [-0.39, 0.29) is 16.7 Å². The van der Waals surface area contributed by atoms with Gasteiger partial charge in [-0.05, 0) is 37.3 Å². The highest BCUT2D eigenvalue weighted by atomic mass is 32.2. The van der Waals surface area contributed by atoms with Crippen molar-refractivity contribution in [3.63, 3.8) is 0 Å². The molecule has 4 rings (SSSR count). The molecule has 8 nitrogen and oxygen atoms in total. The maximum absolute atomic E-state index is 12.3. The molecule has 0 spiro atoms. The fraction of sp³-hybridized carbons (Fsp3) is 0.250. The van der Waals surface area contributed by atoms with Gasteiger partial charge in [0.05, 0.1) is 16.5 Å². The first-order valence-electron chi connectivity index (χ1n) is 8.98. The molecule has 2 aromatic carbocycles. The molecule has 2 aromatic rings. The standard InChI is InChI=1S/C20H18N2O6S/c1-11-19(24)22-14-8-12(2-5-17(14)29-11)20(25)28-10-18(23)21-13-3-4-15-16(9-13)27-7-6-26-15/h2-5,8-9,11H,6-7,10H2,1H3,(H,21,23)(H,22,24). The van der Waals surface area contributed by atoms with Crippen molar-refractivity contribution in [2.24, 2.45) is 0 Å². The number of thioether (sulfide) groups is 1. The summed E-state index contributed by atoms with van der Waals surface area (Å²) in [5.41, 5.74) is 1.33. The molecule has 0 fully saturated rings. The highest BCUT2D eigenvalue weighted by Gasteiger charge is 2.24. The molecule has 0 aromatic heterocycles. The third-order valence-corrected chi connectivity index (χ3v) is 5.48. The Morgan fingerprint density at radius 2 is 1.97 bits per heavy atom. The molecule has 0 saturated carbocycles. The molecule has 1 atom stereocenters. The third kappa shape index (κ3) is 4.29. The second kappa shape index (κ2) is 8.04. The normalized spacial score (nSPS) is 17.0. The van der Waals surface area contributed by atoms with Crippen LogP contribution in [-0.4, -0.2) is 42.9 Å². The van der Waals surface area contributed by atoms with Crippen LogP contribution in [-0.2, 0) is 14.3 Å². The summed E-state index contributed by atoms with van der Waals surface area (Å²) in [7, 11) is 0. The van der Waals surface area contributed by atoms with Crippen molar-refractivity contribution >= 4 is 40.9 Å². The van der Waals surface area contributed by atoms with Crippen LogP contribution >= 0.6 is 11.8 Å². The molecule has 0 saturated heterocycles. The van der Waals surface area contributed by atoms with E-state index in [4.69, 9.17) is 14.2 Å². The molecule has 2 aliphatic rings. The topological polar surface area (TPSA) is 103 Å². The third-order valence-electron chi connectivity index (χ3n) is 4.31. The first-order chi connectivity index (χ1) is 14.0. The monoisotopic (exact) mass is 414 g/mol. The van der Waals surface area contributed by atoms with Crippen molar-refractivity contribution in [2.75, 3.05) is 30.5 Å². The van der Waals surface area contributed by atoms with Crippen LogP contribution < -0.4 is 20.1 Å². The summed E-state index contributed by atoms with van der Waals surface area (Å²) < 4.78 is 16.0. The second-order valence-corrected chi connectivity index (χ2v) is 7.83. The van der Waals surface area contributed by atoms with E-state index >= 15 is 0 Å². The minimum Gasteiger partial charge on any atom is -0.486 e. The van der Waals surface area contributed by atoms with Gasteiger partial charge in [0.15, 0.2) is 18.1 Å². The zero-order chi connectivity index (χ0) is 20.4. The van der Waals surface area contributed by atoms with E-state index in [1.165, 1.54) is 11.8 Å². The predicted molar refractivity (Wildman–Crippen MR) is 107 cm³/mol. The van der Waals surface area contributed by atoms with Gasteiger partial charge in [-0.2, -0.15) is 0 Å². The number of amides is 2. The van der Waals surface area contributed by atoms with Gasteiger partial charge >= 0.3 is 5.97 Å². The van der Waals surface area contributed by atoms with Crippen LogP contribution in [0.25, 0.3) is 0 Å². The van der Waals surface area contributed by atoms with E-state index < -0.39 is 18.5 Å². The van der Waals surface area contributed by atoms with Crippen molar-refractivity contribution < 1.29 is 28.6 Å². The number of hydrogen-bond donors (Lipinski definition) is 2. The number of anilines is 2. The lowest BCUT2D eigenvalue weighted by Crippen LogP contribution is -2.26. The van der Waals surface area contributed by atoms with Crippen molar-refractivity contribution in [3.8, 4) is 11.5 Å². The molecular formula is C20H18N2O6S. The fourth-order valence-corrected chi connectivity index (χ4v) is 3.80. The summed E-state index contributed by atoms with van der Waals surface area (Å²) in [6.45, 7) is 2.30. The number of ether oxygens (including phenoxy) is 3. The number of hydrogen-bond acceptors (Lipinski definition) is 7. The number of carbonyl (C=O) groups is 3. The van der Waals surface area contributed by atoms with E-state index in [1.54, 1.807) is 36.4 Å². The number of fused-ring (bicyclic) bond motifs is 2. The lowest BCUT2D eigenvalue weighted by molar-refractivity contribution is -0.119. The van der Waals surface area contributed by atoms with Gasteiger partial charge in [0, 0.05) is 16.6 Å². The first-order valence-corrected chi connectivity index (χ1v) is 9.86. The Morgan fingerprint density at radius 3 is 2.79 bits per heavy atom. The molecule has 1 unspecified atom stereocenters. The average Bonchev–Trinajstić information content (AvgIpc) is 2.72. The molecule has 0 radical (unpaired) electrons. The highest BCUT2D eigenvalue weighted by molar-refractivity contribution is 8.00. The van der Waals surface area contributed by atoms with E-state index in [0.29, 0.717) is 36.1 Å². The Labute approximate surface area is 170 Å². The summed E-state index contributed by atoms with van der Waals surface area (Å²) >= 11 is 1.42. The maximum Gasteiger partial charge on any atom is 0.338 e. The van der Waals surface area contributed by atoms with Crippen LogP contribution in [0.2, 0.25) is 0 Å². The Kier molecular flexibility index (Phi) is 5.30. The molecule has 29 heavy (non-hydrogen) atoms. The van der Waals surface area contributed by atoms with E-state index in [0.717, 1.165) is 4.90 Å². The van der Waals surface area contributed by atoms with Crippen LogP contribution in [0.4, 0.5) is 11.4 Å². The maximum atomic E-state index is 12.3. The van der Waals surface area contributed by atoms with E-state index in [9.17, 15) is 14.4 Å². The molecule has 2 N–H and O–H groups in total. The minimum atomic E-state index is -0.650. The van der Waals surface area contributed by atoms with Crippen molar-refractivity contribution in [1.29, 1.82) is 0 Å². The lowest BCUT2D eigenvalue weighted by Gasteiger charge is -2.21. The van der Waals surface area contributed by atoms with E-state index in [1.807, 2.05) is 6.92 Å². The molecule has 0 aliphatic carbocycles. The Bertz CT molecular complexity index is 993. The molecule has 2 amide bonds. The average molecular weight is 414 g/mol. The largest absolute Gasteiger partial charge is 0.486 e. The zero-order valence-corrected chi connectivity index (χ0v) is 16.3. The zero-order valence-electron chi connectivity index (χ0n) is 15.5. The Morgan fingerprint density at radius 1 is 1.17 bits per heavy atom. The highest BCUT2D eigenvalue weighted by Crippen LogP contribution is 2.36. The number of benzene rings is 2. The molecule has 150 valence electrons. The number of nitrogens with one attached hydrogen (secondary N) is 2. The number of rotatable bonds is 4. The molecule has 2 aliphatic heterocycles. The molecule has 9 heteroatoms. The van der Waals surface area contributed by atoms with Crippen molar-refractivity contribution in [1.82, 2.24) is 0 Å². The predicted octanol–water partition coefficient (Wildman–Crippen LogP) is 2.69. The number of carbonyl (C=O) groups excluding carboxylic acids is 3. The second-order valence-electron chi connectivity index (χ2n) is 6.44. The smallest absolute Gasteiger partial charge is 0.338 e. The van der Waals surface area contributed by atoms with Gasteiger partial charge in [0.25, 0.3) is 5.91 Å². The molecular weight excluding hydrogens is 396 g/mol. The molecule has 2 heterocycles.